The molecule has 0 spiro atoms. The van der Waals surface area contributed by atoms with Crippen molar-refractivity contribution in [2.75, 3.05) is 25.0 Å². The molecule has 4 nitrogen and oxygen atoms in total. The van der Waals surface area contributed by atoms with Crippen molar-refractivity contribution >= 4 is 16.5 Å². The number of nitrogens with zero attached hydrogens (tertiary/aromatic N) is 3. The van der Waals surface area contributed by atoms with Crippen LogP contribution in [0, 0.1) is 29.4 Å². The predicted molar refractivity (Wildman–Crippen MR) is 106 cm³/mol. The zero-order valence-corrected chi connectivity index (χ0v) is 16.0. The van der Waals surface area contributed by atoms with Crippen molar-refractivity contribution in [3.63, 3.8) is 0 Å². The van der Waals surface area contributed by atoms with Gasteiger partial charge in [0.05, 0.1) is 5.69 Å². The Balaban J connectivity index is 1.11. The topological polar surface area (TPSA) is 41.0 Å². The van der Waals surface area contributed by atoms with Crippen LogP contribution in [0.4, 0.5) is 13.9 Å². The smallest absolute Gasteiger partial charge is 0.183 e. The molecular formula is C21H20F2N4S. The first kappa shape index (κ1) is 17.7. The molecule has 1 unspecified atom stereocenters. The highest BCUT2D eigenvalue weighted by molar-refractivity contribution is 7.14. The summed E-state index contributed by atoms with van der Waals surface area (Å²) in [4.78, 5) is 11.3. The van der Waals surface area contributed by atoms with E-state index in [4.69, 9.17) is 0 Å². The lowest BCUT2D eigenvalue weighted by molar-refractivity contribution is 0.279. The average molecular weight is 398 g/mol. The molecule has 1 N–H and O–H groups in total. The third-order valence-electron chi connectivity index (χ3n) is 5.70. The lowest BCUT2D eigenvalue weighted by Crippen LogP contribution is -2.25. The first-order valence-corrected chi connectivity index (χ1v) is 10.3. The number of piperidine rings is 1. The van der Waals surface area contributed by atoms with Gasteiger partial charge in [0.2, 0.25) is 0 Å². The minimum Gasteiger partial charge on any atom is -0.361 e. The Morgan fingerprint density at radius 1 is 1.07 bits per heavy atom. The molecule has 7 heteroatoms. The molecule has 3 atom stereocenters. The predicted octanol–water partition coefficient (Wildman–Crippen LogP) is 4.27. The fourth-order valence-corrected chi connectivity index (χ4v) is 5.04. The first-order valence-electron chi connectivity index (χ1n) is 9.44. The summed E-state index contributed by atoms with van der Waals surface area (Å²) in [5.41, 5.74) is 2.50. The van der Waals surface area contributed by atoms with Crippen LogP contribution in [0.2, 0.25) is 0 Å². The highest BCUT2D eigenvalue weighted by atomic mass is 32.1. The van der Waals surface area contributed by atoms with Gasteiger partial charge >= 0.3 is 0 Å². The third kappa shape index (κ3) is 3.64. The summed E-state index contributed by atoms with van der Waals surface area (Å²) in [7, 11) is 0. The molecule has 1 aromatic carbocycles. The van der Waals surface area contributed by atoms with E-state index in [-0.39, 0.29) is 0 Å². The molecule has 2 aromatic heterocycles. The van der Waals surface area contributed by atoms with E-state index in [1.807, 2.05) is 23.6 Å². The molecular weight excluding hydrogens is 378 g/mol. The highest BCUT2D eigenvalue weighted by Crippen LogP contribution is 2.51. The molecule has 1 aliphatic heterocycles. The maximum atomic E-state index is 13.3. The summed E-state index contributed by atoms with van der Waals surface area (Å²) >= 11 is 1.60. The fourth-order valence-electron chi connectivity index (χ4n) is 4.32. The van der Waals surface area contributed by atoms with Crippen LogP contribution in [0.15, 0.2) is 48.0 Å². The zero-order valence-electron chi connectivity index (χ0n) is 15.2. The van der Waals surface area contributed by atoms with Gasteiger partial charge in [0.1, 0.15) is 17.3 Å². The van der Waals surface area contributed by atoms with E-state index < -0.39 is 11.6 Å². The quantitative estimate of drug-likeness (QED) is 0.673. The maximum absolute atomic E-state index is 13.3. The number of pyridine rings is 1. The van der Waals surface area contributed by atoms with E-state index in [0.29, 0.717) is 29.9 Å². The maximum Gasteiger partial charge on any atom is 0.183 e. The monoisotopic (exact) mass is 398 g/mol. The van der Waals surface area contributed by atoms with Crippen LogP contribution in [0.5, 0.6) is 0 Å². The van der Waals surface area contributed by atoms with E-state index in [1.54, 1.807) is 17.5 Å². The molecule has 5 rings (SSSR count). The van der Waals surface area contributed by atoms with Gasteiger partial charge < -0.3 is 5.32 Å². The Labute approximate surface area is 166 Å². The molecule has 0 bridgehead atoms. The van der Waals surface area contributed by atoms with Crippen LogP contribution in [0.25, 0.3) is 11.4 Å². The van der Waals surface area contributed by atoms with Gasteiger partial charge in [-0.2, -0.15) is 0 Å². The number of rotatable bonds is 6. The van der Waals surface area contributed by atoms with Gasteiger partial charge in [-0.05, 0) is 47.6 Å². The van der Waals surface area contributed by atoms with E-state index in [2.05, 4.69) is 20.2 Å². The van der Waals surface area contributed by atoms with Crippen molar-refractivity contribution in [1.82, 2.24) is 14.9 Å². The van der Waals surface area contributed by atoms with Gasteiger partial charge in [0.25, 0.3) is 0 Å². The molecule has 2 fully saturated rings. The number of benzene rings is 1. The van der Waals surface area contributed by atoms with Crippen molar-refractivity contribution in [3.8, 4) is 11.4 Å². The van der Waals surface area contributed by atoms with E-state index in [1.165, 1.54) is 12.1 Å². The molecule has 3 heterocycles. The minimum absolute atomic E-state index is 0.505. The van der Waals surface area contributed by atoms with Crippen LogP contribution in [0.3, 0.4) is 0 Å². The first-order chi connectivity index (χ1) is 13.7. The number of aromatic nitrogens is 2. The number of nitrogens with one attached hydrogen (secondary N) is 1. The number of fused-ring (bicyclic) bond motifs is 1. The summed E-state index contributed by atoms with van der Waals surface area (Å²) in [6, 6.07) is 9.59. The van der Waals surface area contributed by atoms with E-state index >= 15 is 0 Å². The Kier molecular flexibility index (Phi) is 4.56. The zero-order chi connectivity index (χ0) is 19.1. The molecule has 0 radical (unpaired) electrons. The van der Waals surface area contributed by atoms with Crippen molar-refractivity contribution in [3.05, 3.63) is 65.2 Å². The Hall–Kier alpha value is -2.38. The second-order valence-corrected chi connectivity index (χ2v) is 8.46. The number of likely N-dealkylation sites (tertiary alicyclic amines) is 1. The normalized spacial score (nSPS) is 23.6. The lowest BCUT2D eigenvalue weighted by atomic mass is 10.2. The van der Waals surface area contributed by atoms with Crippen LogP contribution < -0.4 is 5.32 Å². The fraction of sp³-hybridized carbons (Fsp3) is 0.333. The molecule has 1 saturated carbocycles. The lowest BCUT2D eigenvalue weighted by Gasteiger charge is -2.19. The van der Waals surface area contributed by atoms with Gasteiger partial charge in [-0.15, -0.1) is 11.3 Å². The molecule has 144 valence electrons. The number of thiazole rings is 1. The SMILES string of the molecule is Fc1cc(F)cc(CN2C[C@@H]3C(CNc4nc(-c5ccccn5)cs4)[C@@H]3C2)c1. The number of hydrogen-bond acceptors (Lipinski definition) is 5. The van der Waals surface area contributed by atoms with Crippen molar-refractivity contribution in [1.29, 1.82) is 0 Å². The summed E-state index contributed by atoms with van der Waals surface area (Å²) in [6.07, 6.45) is 1.77. The van der Waals surface area contributed by atoms with Gasteiger partial charge in [-0.25, -0.2) is 13.8 Å². The van der Waals surface area contributed by atoms with Gasteiger partial charge in [0.15, 0.2) is 5.13 Å². The second-order valence-electron chi connectivity index (χ2n) is 7.60. The molecule has 28 heavy (non-hydrogen) atoms. The van der Waals surface area contributed by atoms with E-state index in [0.717, 1.165) is 42.2 Å². The number of halogens is 2. The van der Waals surface area contributed by atoms with Gasteiger partial charge in [0, 0.05) is 43.8 Å². The van der Waals surface area contributed by atoms with Gasteiger partial charge in [-0.1, -0.05) is 6.07 Å². The van der Waals surface area contributed by atoms with Crippen molar-refractivity contribution in [2.24, 2.45) is 17.8 Å². The molecule has 1 aliphatic carbocycles. The standard InChI is InChI=1S/C21H20F2N4S/c22-14-5-13(6-15(23)7-14)9-27-10-17-16(18(17)11-27)8-25-21-26-20(12-28-21)19-3-1-2-4-24-19/h1-7,12,16-18H,8-11H2,(H,25,26)/t16?,17-,18+. The largest absolute Gasteiger partial charge is 0.361 e. The summed E-state index contributed by atoms with van der Waals surface area (Å²) < 4.78 is 26.7. The van der Waals surface area contributed by atoms with Crippen LogP contribution >= 0.6 is 11.3 Å². The average Bonchev–Trinajstić information content (AvgIpc) is 3.04. The Morgan fingerprint density at radius 3 is 2.57 bits per heavy atom. The summed E-state index contributed by atoms with van der Waals surface area (Å²) in [5, 5.41) is 6.42. The molecule has 2 aliphatic rings. The van der Waals surface area contributed by atoms with E-state index in [9.17, 15) is 8.78 Å². The van der Waals surface area contributed by atoms with Gasteiger partial charge in [-0.3, -0.25) is 9.88 Å². The number of hydrogen-bond donors (Lipinski definition) is 1. The number of anilines is 1. The van der Waals surface area contributed by atoms with Crippen molar-refractivity contribution < 1.29 is 8.78 Å². The Bertz CT molecular complexity index is 945. The van der Waals surface area contributed by atoms with Crippen molar-refractivity contribution in [2.45, 2.75) is 6.54 Å². The third-order valence-corrected chi connectivity index (χ3v) is 6.50. The van der Waals surface area contributed by atoms with Crippen LogP contribution in [-0.4, -0.2) is 34.5 Å². The Morgan fingerprint density at radius 2 is 1.86 bits per heavy atom. The summed E-state index contributed by atoms with van der Waals surface area (Å²) in [5.74, 6) is 0.981. The minimum atomic E-state index is -0.505. The molecule has 3 aromatic rings. The van der Waals surface area contributed by atoms with Crippen LogP contribution in [0.1, 0.15) is 5.56 Å². The second kappa shape index (κ2) is 7.22. The molecule has 0 amide bonds. The highest BCUT2D eigenvalue weighted by Gasteiger charge is 2.54. The summed E-state index contributed by atoms with van der Waals surface area (Å²) in [6.45, 7) is 3.52. The van der Waals surface area contributed by atoms with Crippen LogP contribution in [-0.2, 0) is 6.54 Å². The molecule has 1 saturated heterocycles.